The lowest BCUT2D eigenvalue weighted by Gasteiger charge is -2.33. The van der Waals surface area contributed by atoms with Crippen molar-refractivity contribution in [3.8, 4) is 11.6 Å². The Kier molecular flexibility index (Phi) is 5.94. The Bertz CT molecular complexity index is 1100. The first-order valence-corrected chi connectivity index (χ1v) is 10.8. The van der Waals surface area contributed by atoms with Gasteiger partial charge in [0, 0.05) is 18.1 Å². The summed E-state index contributed by atoms with van der Waals surface area (Å²) >= 11 is 12.2. The fraction of sp³-hybridized carbons (Fsp3) is 0.429. The largest absolute Gasteiger partial charge is 0.444 e. The van der Waals surface area contributed by atoms with Crippen LogP contribution in [-0.2, 0) is 4.74 Å². The van der Waals surface area contributed by atoms with Gasteiger partial charge in [-0.2, -0.15) is 5.10 Å². The van der Waals surface area contributed by atoms with Gasteiger partial charge in [0.2, 0.25) is 5.88 Å². The van der Waals surface area contributed by atoms with Crippen molar-refractivity contribution in [2.24, 2.45) is 0 Å². The molecule has 0 saturated carbocycles. The molecule has 0 N–H and O–H groups in total. The standard InChI is InChI=1S/C21H23Cl2N5O3/c1-21(2,3)31-20(29)27-8-6-14(7-9-27)28-18-15(11-26-28)19(25-12-24-18)30-17-5-4-13(22)10-16(17)23/h4-5,10-12,14H,6-9H2,1-3H3. The number of halogens is 2. The molecule has 0 bridgehead atoms. The molecule has 1 aromatic carbocycles. The maximum Gasteiger partial charge on any atom is 0.410 e. The number of piperidine rings is 1. The van der Waals surface area contributed by atoms with Gasteiger partial charge in [-0.1, -0.05) is 23.2 Å². The average molecular weight is 464 g/mol. The Balaban J connectivity index is 1.50. The quantitative estimate of drug-likeness (QED) is 0.509. The molecule has 3 heterocycles. The summed E-state index contributed by atoms with van der Waals surface area (Å²) in [5.74, 6) is 0.816. The summed E-state index contributed by atoms with van der Waals surface area (Å²) in [6, 6.07) is 5.11. The number of ether oxygens (including phenoxy) is 2. The van der Waals surface area contributed by atoms with E-state index in [9.17, 15) is 4.79 Å². The molecule has 164 valence electrons. The highest BCUT2D eigenvalue weighted by Gasteiger charge is 2.29. The van der Waals surface area contributed by atoms with Crippen molar-refractivity contribution in [3.63, 3.8) is 0 Å². The van der Waals surface area contributed by atoms with E-state index in [0.29, 0.717) is 45.8 Å². The van der Waals surface area contributed by atoms with Gasteiger partial charge in [0.05, 0.1) is 17.3 Å². The molecule has 1 amide bonds. The van der Waals surface area contributed by atoms with Crippen LogP contribution in [0.15, 0.2) is 30.7 Å². The molecular weight excluding hydrogens is 441 g/mol. The number of hydrogen-bond acceptors (Lipinski definition) is 6. The van der Waals surface area contributed by atoms with Gasteiger partial charge in [-0.15, -0.1) is 0 Å². The zero-order chi connectivity index (χ0) is 22.2. The van der Waals surface area contributed by atoms with Crippen LogP contribution in [0.1, 0.15) is 39.7 Å². The number of rotatable bonds is 3. The molecule has 0 spiro atoms. The predicted octanol–water partition coefficient (Wildman–Crippen LogP) is 5.50. The Labute approximate surface area is 190 Å². The first kappa shape index (κ1) is 21.6. The van der Waals surface area contributed by atoms with Crippen LogP contribution in [0.2, 0.25) is 10.0 Å². The molecule has 3 aromatic rings. The van der Waals surface area contributed by atoms with E-state index < -0.39 is 5.60 Å². The van der Waals surface area contributed by atoms with Crippen LogP contribution in [0.5, 0.6) is 11.6 Å². The Morgan fingerprint density at radius 3 is 2.58 bits per heavy atom. The number of hydrogen-bond donors (Lipinski definition) is 0. The third kappa shape index (κ3) is 4.85. The second-order valence-electron chi connectivity index (χ2n) is 8.38. The van der Waals surface area contributed by atoms with Crippen LogP contribution in [0.25, 0.3) is 11.0 Å². The molecule has 8 nitrogen and oxygen atoms in total. The third-order valence-electron chi connectivity index (χ3n) is 4.92. The summed E-state index contributed by atoms with van der Waals surface area (Å²) in [6.07, 6.45) is 4.34. The van der Waals surface area contributed by atoms with E-state index in [0.717, 1.165) is 12.8 Å². The van der Waals surface area contributed by atoms with Crippen LogP contribution < -0.4 is 4.74 Å². The molecule has 0 radical (unpaired) electrons. The van der Waals surface area contributed by atoms with Crippen molar-refractivity contribution in [3.05, 3.63) is 40.8 Å². The first-order chi connectivity index (χ1) is 14.7. The molecule has 4 rings (SSSR count). The second-order valence-corrected chi connectivity index (χ2v) is 9.22. The van der Waals surface area contributed by atoms with Gasteiger partial charge < -0.3 is 14.4 Å². The van der Waals surface area contributed by atoms with Crippen LogP contribution in [-0.4, -0.2) is 49.4 Å². The van der Waals surface area contributed by atoms with Gasteiger partial charge in [0.1, 0.15) is 23.1 Å². The maximum absolute atomic E-state index is 12.3. The second kappa shape index (κ2) is 8.51. The summed E-state index contributed by atoms with van der Waals surface area (Å²) in [7, 11) is 0. The van der Waals surface area contributed by atoms with E-state index in [1.165, 1.54) is 6.33 Å². The van der Waals surface area contributed by atoms with Gasteiger partial charge >= 0.3 is 6.09 Å². The van der Waals surface area contributed by atoms with E-state index in [-0.39, 0.29) is 12.1 Å². The molecule has 0 unspecified atom stereocenters. The van der Waals surface area contributed by atoms with E-state index in [4.69, 9.17) is 32.7 Å². The van der Waals surface area contributed by atoms with Crippen molar-refractivity contribution in [1.82, 2.24) is 24.6 Å². The molecule has 10 heteroatoms. The van der Waals surface area contributed by atoms with E-state index in [1.807, 2.05) is 25.5 Å². The van der Waals surface area contributed by atoms with Gasteiger partial charge in [0.25, 0.3) is 0 Å². The Morgan fingerprint density at radius 2 is 1.90 bits per heavy atom. The van der Waals surface area contributed by atoms with Gasteiger partial charge in [-0.25, -0.2) is 19.4 Å². The molecule has 1 fully saturated rings. The average Bonchev–Trinajstić information content (AvgIpc) is 3.14. The zero-order valence-electron chi connectivity index (χ0n) is 17.5. The number of aromatic nitrogens is 4. The molecule has 1 aliphatic heterocycles. The fourth-order valence-electron chi connectivity index (χ4n) is 3.47. The lowest BCUT2D eigenvalue weighted by molar-refractivity contribution is 0.0186. The molecular formula is C21H23Cl2N5O3. The van der Waals surface area contributed by atoms with Crippen molar-refractivity contribution >= 4 is 40.3 Å². The van der Waals surface area contributed by atoms with Crippen molar-refractivity contribution in [2.75, 3.05) is 13.1 Å². The van der Waals surface area contributed by atoms with Crippen molar-refractivity contribution in [2.45, 2.75) is 45.3 Å². The molecule has 2 aromatic heterocycles. The summed E-state index contributed by atoms with van der Waals surface area (Å²) in [4.78, 5) is 22.7. The minimum absolute atomic E-state index is 0.109. The number of carbonyl (C=O) groups excluding carboxylic acids is 1. The molecule has 0 aliphatic carbocycles. The van der Waals surface area contributed by atoms with Gasteiger partial charge in [-0.3, -0.25) is 0 Å². The predicted molar refractivity (Wildman–Crippen MR) is 118 cm³/mol. The molecule has 1 saturated heterocycles. The lowest BCUT2D eigenvalue weighted by atomic mass is 10.1. The number of fused-ring (bicyclic) bond motifs is 1. The first-order valence-electron chi connectivity index (χ1n) is 10.0. The van der Waals surface area contributed by atoms with E-state index in [1.54, 1.807) is 29.3 Å². The minimum Gasteiger partial charge on any atom is -0.444 e. The topological polar surface area (TPSA) is 82.4 Å². The van der Waals surface area contributed by atoms with Gasteiger partial charge in [-0.05, 0) is 51.8 Å². The minimum atomic E-state index is -0.508. The van der Waals surface area contributed by atoms with E-state index in [2.05, 4.69) is 15.1 Å². The third-order valence-corrected chi connectivity index (χ3v) is 5.45. The van der Waals surface area contributed by atoms with Crippen LogP contribution in [0, 0.1) is 0 Å². The fourth-order valence-corrected chi connectivity index (χ4v) is 3.92. The van der Waals surface area contributed by atoms with Crippen LogP contribution in [0.3, 0.4) is 0 Å². The summed E-state index contributed by atoms with van der Waals surface area (Å²) in [5.41, 5.74) is 0.165. The van der Waals surface area contributed by atoms with Crippen LogP contribution >= 0.6 is 23.2 Å². The zero-order valence-corrected chi connectivity index (χ0v) is 19.0. The number of amides is 1. The Hall–Kier alpha value is -2.58. The summed E-state index contributed by atoms with van der Waals surface area (Å²) < 4.78 is 13.3. The number of benzene rings is 1. The number of likely N-dealkylation sites (tertiary alicyclic amines) is 1. The van der Waals surface area contributed by atoms with Crippen LogP contribution in [0.4, 0.5) is 4.79 Å². The lowest BCUT2D eigenvalue weighted by Crippen LogP contribution is -2.42. The summed E-state index contributed by atoms with van der Waals surface area (Å²) in [6.45, 7) is 6.78. The smallest absolute Gasteiger partial charge is 0.410 e. The molecule has 0 atom stereocenters. The highest BCUT2D eigenvalue weighted by atomic mass is 35.5. The number of carbonyl (C=O) groups is 1. The SMILES string of the molecule is CC(C)(C)OC(=O)N1CCC(n2ncc3c(Oc4ccc(Cl)cc4Cl)ncnc32)CC1. The van der Waals surface area contributed by atoms with Gasteiger partial charge in [0.15, 0.2) is 5.65 Å². The van der Waals surface area contributed by atoms with E-state index >= 15 is 0 Å². The molecule has 1 aliphatic rings. The Morgan fingerprint density at radius 1 is 1.16 bits per heavy atom. The summed E-state index contributed by atoms with van der Waals surface area (Å²) in [5, 5.41) is 6.13. The molecule has 31 heavy (non-hydrogen) atoms. The van der Waals surface area contributed by atoms with Crippen molar-refractivity contribution in [1.29, 1.82) is 0 Å². The van der Waals surface area contributed by atoms with Crippen molar-refractivity contribution < 1.29 is 14.3 Å². The maximum atomic E-state index is 12.3. The normalized spacial score (nSPS) is 15.3. The monoisotopic (exact) mass is 463 g/mol. The highest BCUT2D eigenvalue weighted by Crippen LogP contribution is 2.34. The number of nitrogens with zero attached hydrogens (tertiary/aromatic N) is 5. The highest BCUT2D eigenvalue weighted by molar-refractivity contribution is 6.35.